The van der Waals surface area contributed by atoms with E-state index < -0.39 is 20.6 Å². The zero-order valence-electron chi connectivity index (χ0n) is 9.30. The maximum Gasteiger partial charge on any atom is 0.154 e. The number of hydrogen-bond acceptors (Lipinski definition) is 5. The van der Waals surface area contributed by atoms with E-state index in [1.165, 1.54) is 17.1 Å². The molecule has 6 nitrogen and oxygen atoms in total. The molecule has 0 aromatic carbocycles. The summed E-state index contributed by atoms with van der Waals surface area (Å²) in [4.78, 5) is 0. The smallest absolute Gasteiger partial charge is 0.154 e. The Kier molecular flexibility index (Phi) is 2.88. The van der Waals surface area contributed by atoms with E-state index in [2.05, 4.69) is 10.3 Å². The monoisotopic (exact) mass is 232 g/mol. The van der Waals surface area contributed by atoms with E-state index in [9.17, 15) is 8.42 Å². The Balaban J connectivity index is 3.16. The first-order valence-corrected chi connectivity index (χ1v) is 6.37. The van der Waals surface area contributed by atoms with Crippen molar-refractivity contribution < 1.29 is 8.42 Å². The zero-order chi connectivity index (χ0) is 11.9. The molecular weight excluding hydrogens is 216 g/mol. The average Bonchev–Trinajstić information content (AvgIpc) is 2.48. The summed E-state index contributed by atoms with van der Waals surface area (Å²) in [5.41, 5.74) is 6.53. The van der Waals surface area contributed by atoms with E-state index in [1.807, 2.05) is 0 Å². The van der Waals surface area contributed by atoms with Gasteiger partial charge in [0.2, 0.25) is 0 Å². The quantitative estimate of drug-likeness (QED) is 0.768. The van der Waals surface area contributed by atoms with Crippen LogP contribution in [0, 0.1) is 0 Å². The van der Waals surface area contributed by atoms with Crippen molar-refractivity contribution in [3.05, 3.63) is 11.9 Å². The molecule has 0 spiro atoms. The van der Waals surface area contributed by atoms with Gasteiger partial charge in [0.25, 0.3) is 0 Å². The van der Waals surface area contributed by atoms with Gasteiger partial charge in [-0.3, -0.25) is 4.68 Å². The second-order valence-electron chi connectivity index (χ2n) is 4.14. The SMILES string of the molecule is Cn1nncc1C(N)C(C)(C)S(C)(=O)=O. The van der Waals surface area contributed by atoms with Gasteiger partial charge in [0.05, 0.1) is 22.7 Å². The van der Waals surface area contributed by atoms with Crippen LogP contribution in [0.1, 0.15) is 25.6 Å². The first-order chi connectivity index (χ1) is 6.68. The Morgan fingerprint density at radius 1 is 1.53 bits per heavy atom. The van der Waals surface area contributed by atoms with Crippen LogP contribution in [0.5, 0.6) is 0 Å². The Labute approximate surface area is 89.4 Å². The van der Waals surface area contributed by atoms with E-state index >= 15 is 0 Å². The molecular formula is C8H16N4O2S. The highest BCUT2D eigenvalue weighted by Crippen LogP contribution is 2.29. The highest BCUT2D eigenvalue weighted by molar-refractivity contribution is 7.92. The zero-order valence-corrected chi connectivity index (χ0v) is 10.1. The molecule has 1 rings (SSSR count). The van der Waals surface area contributed by atoms with Crippen LogP contribution in [0.15, 0.2) is 6.20 Å². The van der Waals surface area contributed by atoms with Crippen LogP contribution < -0.4 is 5.73 Å². The van der Waals surface area contributed by atoms with Crippen molar-refractivity contribution in [2.75, 3.05) is 6.26 Å². The van der Waals surface area contributed by atoms with E-state index in [-0.39, 0.29) is 0 Å². The van der Waals surface area contributed by atoms with Gasteiger partial charge in [-0.2, -0.15) is 0 Å². The molecule has 86 valence electrons. The molecule has 15 heavy (non-hydrogen) atoms. The third-order valence-electron chi connectivity index (χ3n) is 2.77. The van der Waals surface area contributed by atoms with Gasteiger partial charge in [0.1, 0.15) is 0 Å². The van der Waals surface area contributed by atoms with Crippen molar-refractivity contribution in [3.8, 4) is 0 Å². The van der Waals surface area contributed by atoms with Gasteiger partial charge >= 0.3 is 0 Å². The maximum atomic E-state index is 11.6. The van der Waals surface area contributed by atoms with Gasteiger partial charge in [-0.25, -0.2) is 8.42 Å². The van der Waals surface area contributed by atoms with Gasteiger partial charge in [0, 0.05) is 13.3 Å². The summed E-state index contributed by atoms with van der Waals surface area (Å²) >= 11 is 0. The predicted octanol–water partition coefficient (Wildman–Crippen LogP) is -0.362. The van der Waals surface area contributed by atoms with Gasteiger partial charge in [-0.05, 0) is 13.8 Å². The fourth-order valence-electron chi connectivity index (χ4n) is 1.17. The average molecular weight is 232 g/mol. The van der Waals surface area contributed by atoms with Crippen LogP contribution in [0.3, 0.4) is 0 Å². The van der Waals surface area contributed by atoms with Gasteiger partial charge in [-0.1, -0.05) is 5.21 Å². The molecule has 1 aromatic rings. The first kappa shape index (κ1) is 12.1. The normalized spacial score (nSPS) is 15.3. The number of nitrogens with two attached hydrogens (primary N) is 1. The van der Waals surface area contributed by atoms with Gasteiger partial charge in [-0.15, -0.1) is 5.10 Å². The first-order valence-electron chi connectivity index (χ1n) is 4.47. The second-order valence-corrected chi connectivity index (χ2v) is 6.73. The lowest BCUT2D eigenvalue weighted by molar-refractivity contribution is 0.474. The number of rotatable bonds is 3. The summed E-state index contributed by atoms with van der Waals surface area (Å²) in [5, 5.41) is 7.40. The number of hydrogen-bond donors (Lipinski definition) is 1. The fourth-order valence-corrected chi connectivity index (χ4v) is 1.75. The van der Waals surface area contributed by atoms with Gasteiger partial charge < -0.3 is 5.73 Å². The molecule has 7 heteroatoms. The summed E-state index contributed by atoms with van der Waals surface area (Å²) in [6, 6.07) is -0.646. The van der Waals surface area contributed by atoms with E-state index in [4.69, 9.17) is 5.73 Å². The minimum atomic E-state index is -3.24. The molecule has 0 bridgehead atoms. The van der Waals surface area contributed by atoms with Crippen LogP contribution in [-0.4, -0.2) is 34.4 Å². The highest BCUT2D eigenvalue weighted by Gasteiger charge is 2.39. The molecule has 1 aromatic heterocycles. The molecule has 0 saturated heterocycles. The molecule has 0 fully saturated rings. The van der Waals surface area contributed by atoms with Crippen molar-refractivity contribution in [2.45, 2.75) is 24.6 Å². The molecule has 0 aliphatic carbocycles. The lowest BCUT2D eigenvalue weighted by atomic mass is 10.0. The molecule has 0 aliphatic rings. The van der Waals surface area contributed by atoms with Crippen LogP contribution >= 0.6 is 0 Å². The summed E-state index contributed by atoms with van der Waals surface area (Å²) in [7, 11) is -1.56. The maximum absolute atomic E-state index is 11.6. The Morgan fingerprint density at radius 2 is 2.07 bits per heavy atom. The number of aryl methyl sites for hydroxylation is 1. The Hall–Kier alpha value is -0.950. The highest BCUT2D eigenvalue weighted by atomic mass is 32.2. The number of sulfone groups is 1. The van der Waals surface area contributed by atoms with Crippen molar-refractivity contribution in [1.82, 2.24) is 15.0 Å². The molecule has 1 atom stereocenters. The Bertz CT molecular complexity index is 449. The summed E-state index contributed by atoms with van der Waals surface area (Å²) in [6.45, 7) is 3.19. The van der Waals surface area contributed by atoms with Crippen LogP contribution in [0.4, 0.5) is 0 Å². The number of nitrogens with zero attached hydrogens (tertiary/aromatic N) is 3. The van der Waals surface area contributed by atoms with Crippen molar-refractivity contribution in [2.24, 2.45) is 12.8 Å². The van der Waals surface area contributed by atoms with Gasteiger partial charge in [0.15, 0.2) is 9.84 Å². The summed E-state index contributed by atoms with van der Waals surface area (Å²) in [6.07, 6.45) is 2.66. The molecule has 0 radical (unpaired) electrons. The predicted molar refractivity (Wildman–Crippen MR) is 56.9 cm³/mol. The molecule has 2 N–H and O–H groups in total. The summed E-state index contributed by atoms with van der Waals surface area (Å²) < 4.78 is 23.6. The van der Waals surface area contributed by atoms with E-state index in [0.717, 1.165) is 0 Å². The largest absolute Gasteiger partial charge is 0.321 e. The molecule has 0 aliphatic heterocycles. The third kappa shape index (κ3) is 2.03. The minimum Gasteiger partial charge on any atom is -0.321 e. The Morgan fingerprint density at radius 3 is 2.40 bits per heavy atom. The number of aromatic nitrogens is 3. The lowest BCUT2D eigenvalue weighted by Gasteiger charge is -2.29. The summed E-state index contributed by atoms with van der Waals surface area (Å²) in [5.74, 6) is 0. The molecule has 0 amide bonds. The van der Waals surface area contributed by atoms with Crippen LogP contribution in [0.25, 0.3) is 0 Å². The molecule has 1 unspecified atom stereocenters. The van der Waals surface area contributed by atoms with Crippen molar-refractivity contribution in [3.63, 3.8) is 0 Å². The van der Waals surface area contributed by atoms with Crippen molar-refractivity contribution >= 4 is 9.84 Å². The molecule has 1 heterocycles. The standard InChI is InChI=1S/C8H16N4O2S/c1-8(2,15(4,13)14)7(9)6-5-10-11-12(6)3/h5,7H,9H2,1-4H3. The van der Waals surface area contributed by atoms with E-state index in [1.54, 1.807) is 20.9 Å². The molecule has 0 saturated carbocycles. The second kappa shape index (κ2) is 3.57. The third-order valence-corrected chi connectivity index (χ3v) is 4.94. The van der Waals surface area contributed by atoms with Crippen LogP contribution in [0.2, 0.25) is 0 Å². The topological polar surface area (TPSA) is 90.9 Å². The minimum absolute atomic E-state index is 0.602. The lowest BCUT2D eigenvalue weighted by Crippen LogP contribution is -2.43. The van der Waals surface area contributed by atoms with Crippen LogP contribution in [-0.2, 0) is 16.9 Å². The fraction of sp³-hybridized carbons (Fsp3) is 0.750. The van der Waals surface area contributed by atoms with Crippen molar-refractivity contribution in [1.29, 1.82) is 0 Å². The van der Waals surface area contributed by atoms with E-state index in [0.29, 0.717) is 5.69 Å².